The highest BCUT2D eigenvalue weighted by molar-refractivity contribution is 7.89. The van der Waals surface area contributed by atoms with Gasteiger partial charge in [-0.2, -0.15) is 0 Å². The first kappa shape index (κ1) is 15.1. The van der Waals surface area contributed by atoms with Crippen LogP contribution in [0.15, 0.2) is 17.0 Å². The summed E-state index contributed by atoms with van der Waals surface area (Å²) < 4.78 is 23.4. The maximum Gasteiger partial charge on any atom is 0.238 e. The zero-order chi connectivity index (χ0) is 14.9. The molecule has 0 amide bonds. The van der Waals surface area contributed by atoms with Crippen LogP contribution < -0.4 is 15.8 Å². The molecule has 1 aromatic rings. The average Bonchev–Trinajstić information content (AvgIpc) is 3.14. The SMILES string of the molecule is CCCN(CC1CC1)c1cc(N)cc(S(N)(=O)=O)c1C. The molecule has 0 bridgehead atoms. The zero-order valence-electron chi connectivity index (χ0n) is 12.1. The number of nitrogens with two attached hydrogens (primary N) is 2. The first-order chi connectivity index (χ1) is 9.32. The third-order valence-electron chi connectivity index (χ3n) is 3.67. The Morgan fingerprint density at radius 2 is 2.00 bits per heavy atom. The topological polar surface area (TPSA) is 89.4 Å². The van der Waals surface area contributed by atoms with E-state index in [1.807, 2.05) is 6.07 Å². The molecule has 0 heterocycles. The Hall–Kier alpha value is -1.27. The van der Waals surface area contributed by atoms with Crippen molar-refractivity contribution in [2.45, 2.75) is 38.0 Å². The fourth-order valence-electron chi connectivity index (χ4n) is 2.51. The molecule has 0 aliphatic heterocycles. The molecule has 1 saturated carbocycles. The van der Waals surface area contributed by atoms with Crippen molar-refractivity contribution in [1.82, 2.24) is 0 Å². The number of primary sulfonamides is 1. The molecule has 20 heavy (non-hydrogen) atoms. The highest BCUT2D eigenvalue weighted by Crippen LogP contribution is 2.34. The molecule has 5 nitrogen and oxygen atoms in total. The summed E-state index contributed by atoms with van der Waals surface area (Å²) in [5.74, 6) is 0.723. The van der Waals surface area contributed by atoms with E-state index in [9.17, 15) is 8.42 Å². The van der Waals surface area contributed by atoms with Crippen molar-refractivity contribution in [1.29, 1.82) is 0 Å². The van der Waals surface area contributed by atoms with Crippen molar-refractivity contribution in [3.63, 3.8) is 0 Å². The maximum atomic E-state index is 11.7. The van der Waals surface area contributed by atoms with Crippen molar-refractivity contribution in [2.75, 3.05) is 23.7 Å². The Morgan fingerprint density at radius 3 is 2.50 bits per heavy atom. The lowest BCUT2D eigenvalue weighted by Gasteiger charge is -2.27. The van der Waals surface area contributed by atoms with Gasteiger partial charge in [-0.3, -0.25) is 0 Å². The second-order valence-electron chi connectivity index (χ2n) is 5.60. The van der Waals surface area contributed by atoms with Gasteiger partial charge in [0.1, 0.15) is 0 Å². The number of sulfonamides is 1. The minimum Gasteiger partial charge on any atom is -0.399 e. The zero-order valence-corrected chi connectivity index (χ0v) is 12.9. The molecule has 0 unspecified atom stereocenters. The van der Waals surface area contributed by atoms with Gasteiger partial charge in [0.25, 0.3) is 0 Å². The molecule has 1 fully saturated rings. The van der Waals surface area contributed by atoms with Gasteiger partial charge in [0, 0.05) is 24.5 Å². The summed E-state index contributed by atoms with van der Waals surface area (Å²) in [6.07, 6.45) is 3.51. The summed E-state index contributed by atoms with van der Waals surface area (Å²) in [6.45, 7) is 5.76. The summed E-state index contributed by atoms with van der Waals surface area (Å²) in [6, 6.07) is 3.29. The van der Waals surface area contributed by atoms with Crippen molar-refractivity contribution in [3.05, 3.63) is 17.7 Å². The number of benzene rings is 1. The molecule has 0 spiro atoms. The van der Waals surface area contributed by atoms with Crippen LogP contribution in [0.1, 0.15) is 31.7 Å². The summed E-state index contributed by atoms with van der Waals surface area (Å²) in [5, 5.41) is 5.28. The van der Waals surface area contributed by atoms with E-state index in [1.165, 1.54) is 18.9 Å². The molecule has 2 rings (SSSR count). The molecule has 0 atom stereocenters. The van der Waals surface area contributed by atoms with Crippen LogP contribution in [0.5, 0.6) is 0 Å². The Bertz CT molecular complexity index is 595. The van der Waals surface area contributed by atoms with Gasteiger partial charge in [-0.15, -0.1) is 0 Å². The molecular formula is C14H23N3O2S. The van der Waals surface area contributed by atoms with Crippen LogP contribution in [0, 0.1) is 12.8 Å². The van der Waals surface area contributed by atoms with Crippen LogP contribution in [0.3, 0.4) is 0 Å². The number of hydrogen-bond acceptors (Lipinski definition) is 4. The van der Waals surface area contributed by atoms with E-state index >= 15 is 0 Å². The quantitative estimate of drug-likeness (QED) is 0.784. The standard InChI is InChI=1S/C14H23N3O2S/c1-3-6-17(9-11-4-5-11)13-7-12(15)8-14(10(13)2)20(16,18)19/h7-8,11H,3-6,9,15H2,1-2H3,(H2,16,18,19). The number of rotatable bonds is 6. The van der Waals surface area contributed by atoms with Crippen LogP contribution in [0.25, 0.3) is 0 Å². The van der Waals surface area contributed by atoms with E-state index in [-0.39, 0.29) is 4.90 Å². The summed E-state index contributed by atoms with van der Waals surface area (Å²) in [7, 11) is -3.75. The van der Waals surface area contributed by atoms with E-state index in [1.54, 1.807) is 6.92 Å². The van der Waals surface area contributed by atoms with Crippen molar-refractivity contribution in [3.8, 4) is 0 Å². The largest absolute Gasteiger partial charge is 0.399 e. The van der Waals surface area contributed by atoms with Gasteiger partial charge >= 0.3 is 0 Å². The normalized spacial score (nSPS) is 15.3. The molecule has 4 N–H and O–H groups in total. The van der Waals surface area contributed by atoms with Gasteiger partial charge in [-0.05, 0) is 49.8 Å². The highest BCUT2D eigenvalue weighted by Gasteiger charge is 2.26. The van der Waals surface area contributed by atoms with Crippen LogP contribution in [-0.2, 0) is 10.0 Å². The second-order valence-corrected chi connectivity index (χ2v) is 7.13. The lowest BCUT2D eigenvalue weighted by molar-refractivity contribution is 0.597. The third-order valence-corrected chi connectivity index (χ3v) is 4.71. The molecule has 0 radical (unpaired) electrons. The van der Waals surface area contributed by atoms with Gasteiger partial charge in [0.05, 0.1) is 4.90 Å². The van der Waals surface area contributed by atoms with Crippen LogP contribution in [0.2, 0.25) is 0 Å². The number of nitrogen functional groups attached to an aromatic ring is 1. The molecule has 112 valence electrons. The maximum absolute atomic E-state index is 11.7. The minimum atomic E-state index is -3.75. The lowest BCUT2D eigenvalue weighted by Crippen LogP contribution is -2.28. The van der Waals surface area contributed by atoms with Gasteiger partial charge < -0.3 is 10.6 Å². The van der Waals surface area contributed by atoms with Gasteiger partial charge in [-0.25, -0.2) is 13.6 Å². The van der Waals surface area contributed by atoms with E-state index in [0.29, 0.717) is 11.3 Å². The number of anilines is 2. The van der Waals surface area contributed by atoms with E-state index < -0.39 is 10.0 Å². The molecule has 1 aliphatic rings. The Morgan fingerprint density at radius 1 is 1.35 bits per heavy atom. The van der Waals surface area contributed by atoms with Gasteiger partial charge in [-0.1, -0.05) is 6.92 Å². The predicted molar refractivity (Wildman–Crippen MR) is 82.2 cm³/mol. The van der Waals surface area contributed by atoms with Crippen molar-refractivity contribution < 1.29 is 8.42 Å². The predicted octanol–water partition coefficient (Wildman–Crippen LogP) is 1.85. The third kappa shape index (κ3) is 3.43. The molecule has 0 saturated heterocycles. The van der Waals surface area contributed by atoms with Crippen LogP contribution >= 0.6 is 0 Å². The fourth-order valence-corrected chi connectivity index (χ4v) is 3.34. The van der Waals surface area contributed by atoms with Crippen molar-refractivity contribution in [2.24, 2.45) is 11.1 Å². The second kappa shape index (κ2) is 5.61. The monoisotopic (exact) mass is 297 g/mol. The molecular weight excluding hydrogens is 274 g/mol. The molecule has 0 aromatic heterocycles. The van der Waals surface area contributed by atoms with E-state index in [0.717, 1.165) is 31.1 Å². The van der Waals surface area contributed by atoms with E-state index in [4.69, 9.17) is 10.9 Å². The molecule has 1 aliphatic carbocycles. The number of nitrogens with zero attached hydrogens (tertiary/aromatic N) is 1. The van der Waals surface area contributed by atoms with Gasteiger partial charge in [0.2, 0.25) is 10.0 Å². The van der Waals surface area contributed by atoms with Crippen LogP contribution in [-0.4, -0.2) is 21.5 Å². The van der Waals surface area contributed by atoms with Crippen LogP contribution in [0.4, 0.5) is 11.4 Å². The minimum absolute atomic E-state index is 0.129. The van der Waals surface area contributed by atoms with Gasteiger partial charge in [0.15, 0.2) is 0 Å². The number of hydrogen-bond donors (Lipinski definition) is 2. The smallest absolute Gasteiger partial charge is 0.238 e. The first-order valence-corrected chi connectivity index (χ1v) is 8.55. The Kier molecular flexibility index (Phi) is 4.25. The highest BCUT2D eigenvalue weighted by atomic mass is 32.2. The Balaban J connectivity index is 2.44. The molecule has 1 aromatic carbocycles. The Labute approximate surface area is 121 Å². The lowest BCUT2D eigenvalue weighted by atomic mass is 10.1. The average molecular weight is 297 g/mol. The van der Waals surface area contributed by atoms with E-state index in [2.05, 4.69) is 11.8 Å². The summed E-state index contributed by atoms with van der Waals surface area (Å²) in [4.78, 5) is 2.36. The summed E-state index contributed by atoms with van der Waals surface area (Å²) in [5.41, 5.74) is 7.88. The summed E-state index contributed by atoms with van der Waals surface area (Å²) >= 11 is 0. The first-order valence-electron chi connectivity index (χ1n) is 7.00. The molecule has 6 heteroatoms. The van der Waals surface area contributed by atoms with Crippen molar-refractivity contribution >= 4 is 21.4 Å². The fraction of sp³-hybridized carbons (Fsp3) is 0.571.